The number of unbranched alkanes of at least 4 members (excludes halogenated alkanes) is 3. The summed E-state index contributed by atoms with van der Waals surface area (Å²) in [6.07, 6.45) is 8.97. The van der Waals surface area contributed by atoms with Crippen LogP contribution in [0.25, 0.3) is 0 Å². The summed E-state index contributed by atoms with van der Waals surface area (Å²) < 4.78 is 37.5. The number of nitrogens with zero attached hydrogens (tertiary/aromatic N) is 1. The third-order valence-corrected chi connectivity index (χ3v) is 12.1. The Kier molecular flexibility index (Phi) is 12.7. The van der Waals surface area contributed by atoms with Crippen molar-refractivity contribution in [2.45, 2.75) is 96.7 Å². The Labute approximate surface area is 294 Å². The zero-order valence-electron chi connectivity index (χ0n) is 27.8. The van der Waals surface area contributed by atoms with E-state index in [2.05, 4.69) is 13.8 Å². The quantitative estimate of drug-likeness (QED) is 0.114. The Morgan fingerprint density at radius 1 is 1.13 bits per heavy atom. The number of hydrogen-bond donors (Lipinski definition) is 2. The molecule has 0 aliphatic heterocycles. The molecule has 4 aliphatic rings. The van der Waals surface area contributed by atoms with Crippen LogP contribution in [0.1, 0.15) is 85.0 Å². The molecular formula is C33H48NNaO10S. The Morgan fingerprint density at radius 2 is 1.78 bits per heavy atom. The summed E-state index contributed by atoms with van der Waals surface area (Å²) in [6, 6.07) is 0. The van der Waals surface area contributed by atoms with E-state index in [4.69, 9.17) is 4.74 Å². The molecule has 4 rings (SSSR count). The molecule has 0 saturated heterocycles. The second-order valence-corrected chi connectivity index (χ2v) is 15.7. The number of hydrogen-bond acceptors (Lipinski definition) is 10. The SMILES string of the molecule is C[C@H]1C[C@@H]2[C@H]([C@@H](O)C[C@@]3(C)[C@H]2CC[C@]3(O)C(=O)COC(=O)CCCCCCC(=O)N(C)CCS(=O)(=O)[O-])C2(C)C=CC(=O)C=C12.[Na+]. The molecule has 0 aromatic heterocycles. The minimum absolute atomic E-state index is 0. The molecule has 0 radical (unpaired) electrons. The second-order valence-electron chi connectivity index (χ2n) is 14.2. The molecule has 11 nitrogen and oxygen atoms in total. The van der Waals surface area contributed by atoms with Crippen molar-refractivity contribution < 1.29 is 76.7 Å². The summed E-state index contributed by atoms with van der Waals surface area (Å²) >= 11 is 0. The number of esters is 1. The monoisotopic (exact) mass is 673 g/mol. The molecule has 0 aromatic rings. The van der Waals surface area contributed by atoms with Crippen LogP contribution in [0, 0.1) is 34.5 Å². The topological polar surface area (TPSA) is 178 Å². The fraction of sp³-hybridized carbons (Fsp3) is 0.758. The predicted molar refractivity (Wildman–Crippen MR) is 163 cm³/mol. The smallest absolute Gasteiger partial charge is 0.748 e. The van der Waals surface area contributed by atoms with Crippen molar-refractivity contribution in [1.29, 1.82) is 0 Å². The number of rotatable bonds is 13. The molecule has 252 valence electrons. The largest absolute Gasteiger partial charge is 1.00 e. The van der Waals surface area contributed by atoms with Crippen molar-refractivity contribution in [3.05, 3.63) is 23.8 Å². The number of aliphatic hydroxyl groups is 2. The van der Waals surface area contributed by atoms with Gasteiger partial charge in [0.05, 0.1) is 22.0 Å². The Bertz CT molecular complexity index is 1360. The number of allylic oxidation sites excluding steroid dienone is 4. The first-order valence-electron chi connectivity index (χ1n) is 16.1. The van der Waals surface area contributed by atoms with Crippen molar-refractivity contribution >= 4 is 33.6 Å². The first kappa shape index (κ1) is 39.0. The van der Waals surface area contributed by atoms with E-state index in [0.29, 0.717) is 32.1 Å². The molecule has 13 heteroatoms. The van der Waals surface area contributed by atoms with E-state index < -0.39 is 56.8 Å². The van der Waals surface area contributed by atoms with E-state index in [-0.39, 0.29) is 97.1 Å². The first-order chi connectivity index (χ1) is 20.9. The van der Waals surface area contributed by atoms with Crippen LogP contribution in [0.4, 0.5) is 0 Å². The molecule has 0 aromatic carbocycles. The zero-order chi connectivity index (χ0) is 33.4. The van der Waals surface area contributed by atoms with Gasteiger partial charge < -0.3 is 24.4 Å². The number of amides is 1. The summed E-state index contributed by atoms with van der Waals surface area (Å²) in [7, 11) is -2.93. The van der Waals surface area contributed by atoms with Crippen LogP contribution in [0.15, 0.2) is 23.8 Å². The number of carbonyl (C=O) groups is 4. The molecule has 4 aliphatic carbocycles. The minimum atomic E-state index is -4.38. The van der Waals surface area contributed by atoms with Gasteiger partial charge in [0.2, 0.25) is 11.7 Å². The number of carbonyl (C=O) groups excluding carboxylic acids is 4. The number of fused-ring (bicyclic) bond motifs is 5. The predicted octanol–water partition coefficient (Wildman–Crippen LogP) is -0.297. The van der Waals surface area contributed by atoms with Gasteiger partial charge in [-0.25, -0.2) is 8.42 Å². The van der Waals surface area contributed by atoms with Gasteiger partial charge in [-0.2, -0.15) is 0 Å². The molecule has 0 spiro atoms. The Hall–Kier alpha value is -1.41. The minimum Gasteiger partial charge on any atom is -0.748 e. The maximum absolute atomic E-state index is 13.5. The molecule has 8 atom stereocenters. The molecule has 1 amide bonds. The van der Waals surface area contributed by atoms with E-state index in [1.54, 1.807) is 12.2 Å². The van der Waals surface area contributed by atoms with Crippen molar-refractivity contribution in [2.24, 2.45) is 34.5 Å². The summed E-state index contributed by atoms with van der Waals surface area (Å²) in [5.74, 6) is -1.95. The Morgan fingerprint density at radius 3 is 2.43 bits per heavy atom. The van der Waals surface area contributed by atoms with Gasteiger partial charge in [-0.3, -0.25) is 19.2 Å². The van der Waals surface area contributed by atoms with Gasteiger partial charge in [0.15, 0.2) is 12.4 Å². The molecule has 46 heavy (non-hydrogen) atoms. The van der Waals surface area contributed by atoms with Gasteiger partial charge in [0, 0.05) is 43.2 Å². The second kappa shape index (κ2) is 15.0. The van der Waals surface area contributed by atoms with Crippen LogP contribution in [0.5, 0.6) is 0 Å². The van der Waals surface area contributed by atoms with E-state index in [9.17, 15) is 42.4 Å². The maximum atomic E-state index is 13.5. The standard InChI is InChI=1S/C33H49NO10S.Na/c1-21-17-23-24-12-14-33(40,32(24,3)19-26(36)30(23)31(2)13-11-22(35)18-25(21)31)27(37)20-44-29(39)10-8-6-5-7-9-28(38)34(4)15-16-45(41,42)43;/h11,13,18,21,23-24,26,30,36,40H,5-10,12,14-17,19-20H2,1-4H3,(H,41,42,43);/q;+1/p-1/t21-,23-,24-,26-,30+,31?,32-,33-;/m0./s1. The van der Waals surface area contributed by atoms with E-state index in [0.717, 1.165) is 12.0 Å². The summed E-state index contributed by atoms with van der Waals surface area (Å²) in [4.78, 5) is 51.3. The molecular weight excluding hydrogens is 625 g/mol. The fourth-order valence-electron chi connectivity index (χ4n) is 9.01. The summed E-state index contributed by atoms with van der Waals surface area (Å²) in [6.45, 7) is 5.39. The van der Waals surface area contributed by atoms with E-state index in [1.165, 1.54) is 11.9 Å². The number of Topliss-reactive ketones (excluding diaryl/α,β-unsaturated/α-hetero) is 1. The molecule has 1 unspecified atom stereocenters. The molecule has 3 saturated carbocycles. The van der Waals surface area contributed by atoms with Gasteiger partial charge >= 0.3 is 35.5 Å². The van der Waals surface area contributed by atoms with Crippen LogP contribution in [-0.4, -0.2) is 89.2 Å². The summed E-state index contributed by atoms with van der Waals surface area (Å²) in [5, 5.41) is 23.4. The van der Waals surface area contributed by atoms with Gasteiger partial charge in [-0.15, -0.1) is 0 Å². The van der Waals surface area contributed by atoms with Gasteiger partial charge in [0.1, 0.15) is 5.60 Å². The molecule has 0 heterocycles. The maximum Gasteiger partial charge on any atom is 1.00 e. The number of aliphatic hydroxyl groups excluding tert-OH is 1. The number of ether oxygens (including phenoxy) is 1. The van der Waals surface area contributed by atoms with Gasteiger partial charge in [0.25, 0.3) is 0 Å². The number of ketones is 2. The van der Waals surface area contributed by atoms with E-state index in [1.807, 2.05) is 13.0 Å². The van der Waals surface area contributed by atoms with Crippen molar-refractivity contribution in [3.8, 4) is 0 Å². The third-order valence-electron chi connectivity index (χ3n) is 11.4. The van der Waals surface area contributed by atoms with Crippen molar-refractivity contribution in [1.82, 2.24) is 4.90 Å². The average Bonchev–Trinajstić information content (AvgIpc) is 3.23. The van der Waals surface area contributed by atoms with Crippen LogP contribution >= 0.6 is 0 Å². The van der Waals surface area contributed by atoms with Crippen molar-refractivity contribution in [3.63, 3.8) is 0 Å². The van der Waals surface area contributed by atoms with Crippen LogP contribution in [0.2, 0.25) is 0 Å². The zero-order valence-corrected chi connectivity index (χ0v) is 30.6. The third kappa shape index (κ3) is 7.90. The molecule has 3 fully saturated rings. The van der Waals surface area contributed by atoms with Gasteiger partial charge in [-0.05, 0) is 68.4 Å². The first-order valence-corrected chi connectivity index (χ1v) is 17.7. The van der Waals surface area contributed by atoms with Gasteiger partial charge in [-0.1, -0.05) is 45.3 Å². The summed E-state index contributed by atoms with van der Waals surface area (Å²) in [5.41, 5.74) is -2.02. The van der Waals surface area contributed by atoms with Crippen molar-refractivity contribution in [2.75, 3.05) is 26.0 Å². The van der Waals surface area contributed by atoms with E-state index >= 15 is 0 Å². The van der Waals surface area contributed by atoms with Crippen LogP contribution in [-0.2, 0) is 34.0 Å². The van der Waals surface area contributed by atoms with Crippen LogP contribution < -0.4 is 29.6 Å². The fourth-order valence-corrected chi connectivity index (χ4v) is 9.51. The normalized spacial score (nSPS) is 34.8. The molecule has 0 bridgehead atoms. The average molecular weight is 674 g/mol. The molecule has 2 N–H and O–H groups in total. The Balaban J connectivity index is 0.00000576. The van der Waals surface area contributed by atoms with Crippen LogP contribution in [0.3, 0.4) is 0 Å².